The summed E-state index contributed by atoms with van der Waals surface area (Å²) in [6.07, 6.45) is 0.683. The van der Waals surface area contributed by atoms with Gasteiger partial charge >= 0.3 is 0 Å². The van der Waals surface area contributed by atoms with Gasteiger partial charge in [0, 0.05) is 43.3 Å². The second-order valence-electron chi connectivity index (χ2n) is 6.48. The minimum atomic E-state index is 0. The number of carbonyl (C=O) groups excluding carboxylic acids is 1. The standard InChI is InChI=1S/C13H19ClNO.C7H7NO.CH4.Y/c1-13(2,3)11-9-10(14)5-6-12(11)16-8-7-15-4;8-7-4-2-1-3-6(7)5-9;;/h5-6,9H,7-8H2,1-4H3;1-5H,(H2,8,9);1H4;/q-1;;;/p-1. The second-order valence-corrected chi connectivity index (χ2v) is 6.92. The molecule has 0 heterocycles. The number of ether oxygens (including phenoxy) is 1. The molecular formula is C21H29ClN2O2Y-2. The van der Waals surface area contributed by atoms with Crippen LogP contribution in [0.1, 0.15) is 44.1 Å². The normalized spacial score (nSPS) is 9.81. The first-order valence-corrected chi connectivity index (χ1v) is 8.41. The summed E-state index contributed by atoms with van der Waals surface area (Å²) in [5, 5.41) is 4.76. The molecule has 0 saturated carbocycles. The van der Waals surface area contributed by atoms with E-state index < -0.39 is 0 Å². The van der Waals surface area contributed by atoms with Crippen LogP contribution in [-0.2, 0) is 38.1 Å². The molecule has 27 heavy (non-hydrogen) atoms. The fraction of sp³-hybridized carbons (Fsp3) is 0.381. The van der Waals surface area contributed by atoms with Crippen molar-refractivity contribution < 1.29 is 42.2 Å². The molecule has 0 aliphatic rings. The molecule has 1 N–H and O–H groups in total. The monoisotopic (exact) mass is 465 g/mol. The first-order valence-electron chi connectivity index (χ1n) is 8.03. The van der Waals surface area contributed by atoms with E-state index in [2.05, 4.69) is 26.1 Å². The molecule has 1 radical (unpaired) electrons. The van der Waals surface area contributed by atoms with Gasteiger partial charge in [-0.1, -0.05) is 64.1 Å². The molecule has 0 aromatic heterocycles. The maximum absolute atomic E-state index is 10.1. The molecule has 0 atom stereocenters. The smallest absolute Gasteiger partial charge is 0.148 e. The van der Waals surface area contributed by atoms with Gasteiger partial charge in [0.15, 0.2) is 0 Å². The molecule has 0 aliphatic carbocycles. The van der Waals surface area contributed by atoms with Crippen LogP contribution in [0.5, 0.6) is 5.75 Å². The Labute approximate surface area is 194 Å². The first-order chi connectivity index (χ1) is 11.8. The molecule has 147 valence electrons. The van der Waals surface area contributed by atoms with Crippen LogP contribution in [-0.4, -0.2) is 26.5 Å². The molecule has 0 spiro atoms. The van der Waals surface area contributed by atoms with Crippen molar-refractivity contribution in [2.45, 2.75) is 33.6 Å². The number of hydrogen-bond donors (Lipinski definition) is 0. The van der Waals surface area contributed by atoms with Crippen LogP contribution in [0.2, 0.25) is 5.02 Å². The zero-order valence-electron chi connectivity index (χ0n) is 15.8. The molecule has 0 unspecified atom stereocenters. The Morgan fingerprint density at radius 3 is 2.30 bits per heavy atom. The van der Waals surface area contributed by atoms with Crippen molar-refractivity contribution >= 4 is 23.6 Å². The number of halogens is 1. The topological polar surface area (TPSA) is 64.2 Å². The van der Waals surface area contributed by atoms with E-state index in [0.717, 1.165) is 16.3 Å². The van der Waals surface area contributed by atoms with Gasteiger partial charge in [0.2, 0.25) is 0 Å². The van der Waals surface area contributed by atoms with Crippen LogP contribution < -0.4 is 4.74 Å². The van der Waals surface area contributed by atoms with Gasteiger partial charge in [0.25, 0.3) is 0 Å². The minimum absolute atomic E-state index is 0. The Morgan fingerprint density at radius 1 is 1.19 bits per heavy atom. The molecule has 4 nitrogen and oxygen atoms in total. The first kappa shape index (κ1) is 28.3. The Balaban J connectivity index is 0. The third-order valence-corrected chi connectivity index (χ3v) is 3.64. The van der Waals surface area contributed by atoms with Crippen molar-refractivity contribution in [1.82, 2.24) is 0 Å². The Kier molecular flexibility index (Phi) is 14.8. The van der Waals surface area contributed by atoms with E-state index in [1.165, 1.54) is 0 Å². The van der Waals surface area contributed by atoms with Crippen LogP contribution >= 0.6 is 11.6 Å². The molecule has 6 heteroatoms. The maximum Gasteiger partial charge on any atom is 0.148 e. The summed E-state index contributed by atoms with van der Waals surface area (Å²) >= 11 is 6.01. The van der Waals surface area contributed by atoms with Crippen molar-refractivity contribution in [3.63, 3.8) is 0 Å². The van der Waals surface area contributed by atoms with E-state index in [9.17, 15) is 4.79 Å². The van der Waals surface area contributed by atoms with Crippen molar-refractivity contribution in [3.05, 3.63) is 69.7 Å². The summed E-state index contributed by atoms with van der Waals surface area (Å²) in [6, 6.07) is 12.4. The fourth-order valence-corrected chi connectivity index (χ4v) is 2.23. The molecule has 2 aromatic rings. The van der Waals surface area contributed by atoms with Gasteiger partial charge in [-0.2, -0.15) is 7.05 Å². The molecule has 2 aromatic carbocycles. The van der Waals surface area contributed by atoms with Gasteiger partial charge < -0.3 is 15.8 Å². The average molecular weight is 466 g/mol. The largest absolute Gasteiger partial charge is 0.698 e. The summed E-state index contributed by atoms with van der Waals surface area (Å²) in [5.74, 6) is 0.903. The van der Waals surface area contributed by atoms with Crippen LogP contribution in [0.3, 0.4) is 0 Å². The molecule has 0 bridgehead atoms. The quantitative estimate of drug-likeness (QED) is 0.358. The third-order valence-electron chi connectivity index (χ3n) is 3.41. The number of likely N-dealkylation sites (N-methyl/N-ethyl adjacent to an activating group) is 1. The summed E-state index contributed by atoms with van der Waals surface area (Å²) in [7, 11) is 1.79. The van der Waals surface area contributed by atoms with Gasteiger partial charge in [0.05, 0.1) is 6.61 Å². The van der Waals surface area contributed by atoms with Crippen LogP contribution in [0.25, 0.3) is 11.1 Å². The van der Waals surface area contributed by atoms with Gasteiger partial charge in [0.1, 0.15) is 12.0 Å². The van der Waals surface area contributed by atoms with Gasteiger partial charge in [-0.15, -0.1) is 12.2 Å². The van der Waals surface area contributed by atoms with Gasteiger partial charge in [-0.3, -0.25) is 4.79 Å². The zero-order valence-corrected chi connectivity index (χ0v) is 19.3. The summed E-state index contributed by atoms with van der Waals surface area (Å²) in [4.78, 5) is 10.1. The molecule has 2 rings (SSSR count). The fourth-order valence-electron chi connectivity index (χ4n) is 2.06. The van der Waals surface area contributed by atoms with E-state index in [-0.39, 0.29) is 51.2 Å². The number of nitrogens with one attached hydrogen (secondary N) is 1. The number of carbonyl (C=O) groups is 1. The Bertz CT molecular complexity index is 688. The summed E-state index contributed by atoms with van der Waals surface area (Å²) in [5.41, 5.74) is 9.03. The Hall–Kier alpha value is -0.936. The van der Waals surface area contributed by atoms with Gasteiger partial charge in [-0.25, -0.2) is 0 Å². The van der Waals surface area contributed by atoms with E-state index >= 15 is 0 Å². The van der Waals surface area contributed by atoms with E-state index in [4.69, 9.17) is 22.1 Å². The number of aldehydes is 1. The molecule has 0 fully saturated rings. The van der Waals surface area contributed by atoms with Crippen molar-refractivity contribution in [3.8, 4) is 5.75 Å². The molecular weight excluding hydrogens is 437 g/mol. The van der Waals surface area contributed by atoms with Crippen molar-refractivity contribution in [2.24, 2.45) is 0 Å². The molecule has 0 aliphatic heterocycles. The number of benzene rings is 2. The SMILES string of the molecule is C.C[N-]CCOc1ccc(Cl)cc1C(C)(C)C.[NH-]c1ccccc1C=O.[Y]. The van der Waals surface area contributed by atoms with E-state index in [0.29, 0.717) is 25.0 Å². The summed E-state index contributed by atoms with van der Waals surface area (Å²) in [6.45, 7) is 7.77. The maximum atomic E-state index is 10.1. The predicted molar refractivity (Wildman–Crippen MR) is 112 cm³/mol. The van der Waals surface area contributed by atoms with Crippen molar-refractivity contribution in [1.29, 1.82) is 0 Å². The number of hydrogen-bond acceptors (Lipinski definition) is 2. The van der Waals surface area contributed by atoms with E-state index in [1.807, 2.05) is 18.2 Å². The van der Waals surface area contributed by atoms with Crippen LogP contribution in [0, 0.1) is 0 Å². The van der Waals surface area contributed by atoms with Crippen molar-refractivity contribution in [2.75, 3.05) is 20.2 Å². The van der Waals surface area contributed by atoms with Crippen LogP contribution in [0.4, 0.5) is 5.69 Å². The predicted octanol–water partition coefficient (Wildman–Crippen LogP) is 6.84. The second kappa shape index (κ2) is 14.1. The third kappa shape index (κ3) is 10.3. The van der Waals surface area contributed by atoms with E-state index in [1.54, 1.807) is 31.3 Å². The van der Waals surface area contributed by atoms with Gasteiger partial charge in [-0.05, 0) is 29.2 Å². The number of nitrogens with zero attached hydrogens (tertiary/aromatic N) is 1. The van der Waals surface area contributed by atoms with Crippen LogP contribution in [0.15, 0.2) is 42.5 Å². The average Bonchev–Trinajstić information content (AvgIpc) is 2.56. The molecule has 0 saturated heterocycles. The summed E-state index contributed by atoms with van der Waals surface area (Å²) < 4.78 is 5.71. The minimum Gasteiger partial charge on any atom is -0.698 e. The zero-order chi connectivity index (χ0) is 18.9. The molecule has 0 amide bonds. The Morgan fingerprint density at radius 2 is 1.81 bits per heavy atom. The number of rotatable bonds is 5.